The van der Waals surface area contributed by atoms with Crippen LogP contribution in [0.15, 0.2) is 42.5 Å². The van der Waals surface area contributed by atoms with E-state index >= 15 is 0 Å². The summed E-state index contributed by atoms with van der Waals surface area (Å²) in [6, 6.07) is 12.7. The molecular formula is C17H14ClN3O3. The molecule has 0 bridgehead atoms. The quantitative estimate of drug-likeness (QED) is 0.655. The van der Waals surface area contributed by atoms with Crippen LogP contribution >= 0.6 is 11.6 Å². The Morgan fingerprint density at radius 1 is 1.29 bits per heavy atom. The van der Waals surface area contributed by atoms with Crippen LogP contribution in [0, 0.1) is 11.3 Å². The van der Waals surface area contributed by atoms with Gasteiger partial charge < -0.3 is 15.8 Å². The van der Waals surface area contributed by atoms with Gasteiger partial charge in [0.05, 0.1) is 17.2 Å². The van der Waals surface area contributed by atoms with E-state index in [0.29, 0.717) is 16.3 Å². The molecule has 6 nitrogen and oxygen atoms in total. The van der Waals surface area contributed by atoms with Crippen LogP contribution in [0.1, 0.15) is 22.8 Å². The van der Waals surface area contributed by atoms with Crippen molar-refractivity contribution in [3.8, 4) is 6.07 Å². The summed E-state index contributed by atoms with van der Waals surface area (Å²) in [6.07, 6.45) is -1.04. The zero-order valence-electron chi connectivity index (χ0n) is 12.7. The van der Waals surface area contributed by atoms with Crippen LogP contribution in [-0.2, 0) is 9.53 Å². The minimum Gasteiger partial charge on any atom is -0.449 e. The van der Waals surface area contributed by atoms with Crippen molar-refractivity contribution in [1.29, 1.82) is 5.26 Å². The van der Waals surface area contributed by atoms with Crippen LogP contribution in [0.4, 0.5) is 11.4 Å². The Morgan fingerprint density at radius 2 is 2.04 bits per heavy atom. The molecular weight excluding hydrogens is 330 g/mol. The van der Waals surface area contributed by atoms with Crippen molar-refractivity contribution in [2.75, 3.05) is 11.1 Å². The third kappa shape index (κ3) is 4.24. The Labute approximate surface area is 143 Å². The van der Waals surface area contributed by atoms with Crippen LogP contribution in [0.5, 0.6) is 0 Å². The number of esters is 1. The minimum absolute atomic E-state index is 0.130. The summed E-state index contributed by atoms with van der Waals surface area (Å²) in [5.41, 5.74) is 6.86. The summed E-state index contributed by atoms with van der Waals surface area (Å²) < 4.78 is 5.11. The first kappa shape index (κ1) is 17.3. The van der Waals surface area contributed by atoms with E-state index in [1.54, 1.807) is 18.2 Å². The minimum atomic E-state index is -1.04. The molecule has 122 valence electrons. The molecule has 0 aliphatic heterocycles. The Hall–Kier alpha value is -3.04. The first-order chi connectivity index (χ1) is 11.4. The fourth-order valence-corrected chi connectivity index (χ4v) is 2.09. The number of nitrogens with two attached hydrogens (primary N) is 1. The van der Waals surface area contributed by atoms with Crippen molar-refractivity contribution in [3.05, 3.63) is 58.6 Å². The number of carbonyl (C=O) groups is 2. The van der Waals surface area contributed by atoms with E-state index in [4.69, 9.17) is 27.3 Å². The summed E-state index contributed by atoms with van der Waals surface area (Å²) in [5, 5.41) is 11.8. The second-order valence-corrected chi connectivity index (χ2v) is 5.40. The van der Waals surface area contributed by atoms with Crippen molar-refractivity contribution in [1.82, 2.24) is 0 Å². The standard InChI is InChI=1S/C17H14ClN3O3/c1-10(16(22)21-13-4-2-3-11(7-13)9-19)24-17(23)14-6-5-12(18)8-15(14)20/h2-8,10H,20H2,1H3,(H,21,22)/t10-/m1/s1. The maximum Gasteiger partial charge on any atom is 0.341 e. The Kier molecular flexibility index (Phi) is 5.40. The van der Waals surface area contributed by atoms with Crippen LogP contribution in [-0.4, -0.2) is 18.0 Å². The van der Waals surface area contributed by atoms with Gasteiger partial charge in [0.1, 0.15) is 0 Å². The predicted octanol–water partition coefficient (Wildman–Crippen LogP) is 2.98. The number of hydrogen-bond acceptors (Lipinski definition) is 5. The first-order valence-electron chi connectivity index (χ1n) is 6.97. The summed E-state index contributed by atoms with van der Waals surface area (Å²) >= 11 is 5.77. The molecule has 3 N–H and O–H groups in total. The summed E-state index contributed by atoms with van der Waals surface area (Å²) in [6.45, 7) is 1.44. The predicted molar refractivity (Wildman–Crippen MR) is 90.5 cm³/mol. The molecule has 0 aromatic heterocycles. The number of hydrogen-bond donors (Lipinski definition) is 2. The summed E-state index contributed by atoms with van der Waals surface area (Å²) in [4.78, 5) is 24.2. The monoisotopic (exact) mass is 343 g/mol. The van der Waals surface area contributed by atoms with Gasteiger partial charge in [-0.3, -0.25) is 4.79 Å². The molecule has 0 radical (unpaired) electrons. The smallest absolute Gasteiger partial charge is 0.341 e. The molecule has 0 aliphatic rings. The van der Waals surface area contributed by atoms with Crippen LogP contribution in [0.2, 0.25) is 5.02 Å². The van der Waals surface area contributed by atoms with Crippen molar-refractivity contribution in [2.24, 2.45) is 0 Å². The molecule has 0 spiro atoms. The summed E-state index contributed by atoms with van der Waals surface area (Å²) in [5.74, 6) is -1.25. The van der Waals surface area contributed by atoms with Crippen molar-refractivity contribution < 1.29 is 14.3 Å². The number of amides is 1. The Morgan fingerprint density at radius 3 is 2.71 bits per heavy atom. The maximum absolute atomic E-state index is 12.1. The normalized spacial score (nSPS) is 11.2. The molecule has 0 unspecified atom stereocenters. The van der Waals surface area contributed by atoms with Gasteiger partial charge in [0.2, 0.25) is 0 Å². The number of anilines is 2. The Bertz CT molecular complexity index is 830. The van der Waals surface area contributed by atoms with Gasteiger partial charge in [-0.05, 0) is 43.3 Å². The number of nitrogens with zero attached hydrogens (tertiary/aromatic N) is 1. The average Bonchev–Trinajstić information content (AvgIpc) is 2.54. The fraction of sp³-hybridized carbons (Fsp3) is 0.118. The number of nitriles is 1. The molecule has 1 atom stereocenters. The zero-order chi connectivity index (χ0) is 17.7. The van der Waals surface area contributed by atoms with E-state index in [0.717, 1.165) is 0 Å². The lowest BCUT2D eigenvalue weighted by Crippen LogP contribution is -2.30. The first-order valence-corrected chi connectivity index (χ1v) is 7.35. The second kappa shape index (κ2) is 7.49. The SMILES string of the molecule is C[C@@H](OC(=O)c1ccc(Cl)cc1N)C(=O)Nc1cccc(C#N)c1. The lowest BCUT2D eigenvalue weighted by molar-refractivity contribution is -0.123. The van der Waals surface area contributed by atoms with Crippen molar-refractivity contribution in [3.63, 3.8) is 0 Å². The lowest BCUT2D eigenvalue weighted by Gasteiger charge is -2.14. The van der Waals surface area contributed by atoms with Gasteiger partial charge in [-0.1, -0.05) is 17.7 Å². The highest BCUT2D eigenvalue weighted by Crippen LogP contribution is 2.19. The van der Waals surface area contributed by atoms with E-state index in [-0.39, 0.29) is 11.3 Å². The van der Waals surface area contributed by atoms with Gasteiger partial charge in [-0.15, -0.1) is 0 Å². The highest BCUT2D eigenvalue weighted by molar-refractivity contribution is 6.31. The number of ether oxygens (including phenoxy) is 1. The van der Waals surface area contributed by atoms with E-state index < -0.39 is 18.0 Å². The van der Waals surface area contributed by atoms with E-state index in [1.165, 1.54) is 31.2 Å². The molecule has 0 saturated heterocycles. The molecule has 0 saturated carbocycles. The molecule has 2 aromatic carbocycles. The van der Waals surface area contributed by atoms with E-state index in [9.17, 15) is 9.59 Å². The van der Waals surface area contributed by atoms with Gasteiger partial charge in [-0.2, -0.15) is 5.26 Å². The van der Waals surface area contributed by atoms with Crippen LogP contribution in [0.25, 0.3) is 0 Å². The molecule has 0 fully saturated rings. The van der Waals surface area contributed by atoms with Crippen molar-refractivity contribution in [2.45, 2.75) is 13.0 Å². The zero-order valence-corrected chi connectivity index (χ0v) is 13.5. The molecule has 0 heterocycles. The maximum atomic E-state index is 12.1. The third-order valence-electron chi connectivity index (χ3n) is 3.15. The molecule has 2 aromatic rings. The van der Waals surface area contributed by atoms with Gasteiger partial charge in [0.25, 0.3) is 5.91 Å². The molecule has 24 heavy (non-hydrogen) atoms. The molecule has 7 heteroatoms. The Balaban J connectivity index is 2.03. The van der Waals surface area contributed by atoms with Crippen LogP contribution < -0.4 is 11.1 Å². The summed E-state index contributed by atoms with van der Waals surface area (Å²) in [7, 11) is 0. The highest BCUT2D eigenvalue weighted by atomic mass is 35.5. The molecule has 1 amide bonds. The van der Waals surface area contributed by atoms with Crippen LogP contribution in [0.3, 0.4) is 0 Å². The topological polar surface area (TPSA) is 105 Å². The third-order valence-corrected chi connectivity index (χ3v) is 3.38. The number of carbonyl (C=O) groups excluding carboxylic acids is 2. The number of rotatable bonds is 4. The number of halogens is 1. The van der Waals surface area contributed by atoms with Crippen molar-refractivity contribution >= 4 is 34.9 Å². The molecule has 2 rings (SSSR count). The van der Waals surface area contributed by atoms with Gasteiger partial charge in [-0.25, -0.2) is 4.79 Å². The average molecular weight is 344 g/mol. The number of benzene rings is 2. The van der Waals surface area contributed by atoms with Gasteiger partial charge in [0.15, 0.2) is 6.10 Å². The largest absolute Gasteiger partial charge is 0.449 e. The fourth-order valence-electron chi connectivity index (χ4n) is 1.91. The number of nitrogen functional groups attached to an aromatic ring is 1. The van der Waals surface area contributed by atoms with E-state index in [2.05, 4.69) is 5.32 Å². The second-order valence-electron chi connectivity index (χ2n) is 4.96. The van der Waals surface area contributed by atoms with Gasteiger partial charge in [0, 0.05) is 16.4 Å². The number of nitrogens with one attached hydrogen (secondary N) is 1. The molecule has 0 aliphatic carbocycles. The highest BCUT2D eigenvalue weighted by Gasteiger charge is 2.20. The van der Waals surface area contributed by atoms with E-state index in [1.807, 2.05) is 6.07 Å². The lowest BCUT2D eigenvalue weighted by atomic mass is 10.2. The van der Waals surface area contributed by atoms with Gasteiger partial charge >= 0.3 is 5.97 Å².